The van der Waals surface area contributed by atoms with Crippen LogP contribution in [0, 0.1) is 23.0 Å². The Balaban J connectivity index is 2.13. The molecule has 0 bridgehead atoms. The maximum absolute atomic E-state index is 14.3. The minimum Gasteiger partial charge on any atom is -0.477 e. The molecule has 0 saturated heterocycles. The van der Waals surface area contributed by atoms with Crippen molar-refractivity contribution in [3.05, 3.63) is 89.1 Å². The standard InChI is InChI=1S/C21H14F2N2O2/c22-18-7-3-1-5-15(18)13-25-12-14(9-16(11-24)21(26)27)10-20(25)17-6-2-4-8-19(17)23/h1-10,12H,13H2,(H,26,27)/b16-9+. The number of carbonyl (C=O) groups is 1. The lowest BCUT2D eigenvalue weighted by Gasteiger charge is -2.11. The third kappa shape index (κ3) is 3.93. The summed E-state index contributed by atoms with van der Waals surface area (Å²) in [5, 5.41) is 18.0. The summed E-state index contributed by atoms with van der Waals surface area (Å²) in [5.41, 5.74) is 1.11. The summed E-state index contributed by atoms with van der Waals surface area (Å²) in [4.78, 5) is 11.1. The number of hydrogen-bond donors (Lipinski definition) is 1. The first-order valence-corrected chi connectivity index (χ1v) is 8.03. The minimum absolute atomic E-state index is 0.124. The van der Waals surface area contributed by atoms with E-state index in [0.29, 0.717) is 22.4 Å². The first kappa shape index (κ1) is 18.1. The highest BCUT2D eigenvalue weighted by Gasteiger charge is 2.14. The summed E-state index contributed by atoms with van der Waals surface area (Å²) in [6.07, 6.45) is 2.76. The Morgan fingerprint density at radius 1 is 1.11 bits per heavy atom. The van der Waals surface area contributed by atoms with E-state index in [-0.39, 0.29) is 6.54 Å². The summed E-state index contributed by atoms with van der Waals surface area (Å²) in [7, 11) is 0. The van der Waals surface area contributed by atoms with E-state index in [1.54, 1.807) is 59.3 Å². The highest BCUT2D eigenvalue weighted by atomic mass is 19.1. The third-order valence-corrected chi connectivity index (χ3v) is 4.03. The third-order valence-electron chi connectivity index (χ3n) is 4.03. The van der Waals surface area contributed by atoms with Gasteiger partial charge in [0.05, 0.1) is 12.2 Å². The summed E-state index contributed by atoms with van der Waals surface area (Å²) in [5.74, 6) is -2.21. The van der Waals surface area contributed by atoms with Crippen LogP contribution in [0.1, 0.15) is 11.1 Å². The topological polar surface area (TPSA) is 66.0 Å². The van der Waals surface area contributed by atoms with Crippen molar-refractivity contribution in [2.75, 3.05) is 0 Å². The molecule has 27 heavy (non-hydrogen) atoms. The molecule has 4 nitrogen and oxygen atoms in total. The van der Waals surface area contributed by atoms with Crippen LogP contribution in [-0.4, -0.2) is 15.6 Å². The zero-order valence-electron chi connectivity index (χ0n) is 14.1. The van der Waals surface area contributed by atoms with E-state index in [1.807, 2.05) is 0 Å². The molecule has 0 fully saturated rings. The maximum Gasteiger partial charge on any atom is 0.346 e. The van der Waals surface area contributed by atoms with Crippen molar-refractivity contribution < 1.29 is 18.7 Å². The van der Waals surface area contributed by atoms with Crippen LogP contribution in [-0.2, 0) is 11.3 Å². The Hall–Kier alpha value is -3.72. The molecule has 2 aromatic carbocycles. The van der Waals surface area contributed by atoms with Crippen LogP contribution in [0.3, 0.4) is 0 Å². The van der Waals surface area contributed by atoms with Crippen molar-refractivity contribution in [1.29, 1.82) is 5.26 Å². The second kappa shape index (κ2) is 7.67. The molecule has 3 aromatic rings. The minimum atomic E-state index is -1.35. The molecule has 0 unspecified atom stereocenters. The highest BCUT2D eigenvalue weighted by molar-refractivity contribution is 5.96. The van der Waals surface area contributed by atoms with Crippen LogP contribution in [0.15, 0.2) is 66.4 Å². The molecule has 6 heteroatoms. The van der Waals surface area contributed by atoms with Crippen molar-refractivity contribution in [1.82, 2.24) is 4.57 Å². The molecule has 0 saturated carbocycles. The summed E-state index contributed by atoms with van der Waals surface area (Å²) in [6.45, 7) is 0.124. The number of carboxylic acids is 1. The van der Waals surface area contributed by atoms with Crippen molar-refractivity contribution in [2.45, 2.75) is 6.54 Å². The molecule has 1 N–H and O–H groups in total. The summed E-state index contributed by atoms with van der Waals surface area (Å²) >= 11 is 0. The van der Waals surface area contributed by atoms with Gasteiger partial charge in [0, 0.05) is 17.3 Å². The van der Waals surface area contributed by atoms with E-state index < -0.39 is 23.2 Å². The molecule has 134 valence electrons. The lowest BCUT2D eigenvalue weighted by Crippen LogP contribution is -2.03. The van der Waals surface area contributed by atoms with Gasteiger partial charge in [-0.15, -0.1) is 0 Å². The zero-order chi connectivity index (χ0) is 19.4. The SMILES string of the molecule is N#C/C(=C\c1cc(-c2ccccc2F)n(Cc2ccccc2F)c1)C(=O)O. The van der Waals surface area contributed by atoms with E-state index in [4.69, 9.17) is 10.4 Å². The molecule has 1 aromatic heterocycles. The van der Waals surface area contributed by atoms with Gasteiger partial charge in [0.25, 0.3) is 0 Å². The number of nitrogens with zero attached hydrogens (tertiary/aromatic N) is 2. The molecular formula is C21H14F2N2O2. The van der Waals surface area contributed by atoms with Gasteiger partial charge in [-0.3, -0.25) is 0 Å². The van der Waals surface area contributed by atoms with Crippen molar-refractivity contribution in [3.8, 4) is 17.3 Å². The van der Waals surface area contributed by atoms with E-state index in [1.165, 1.54) is 18.2 Å². The van der Waals surface area contributed by atoms with Crippen molar-refractivity contribution >= 4 is 12.0 Å². The van der Waals surface area contributed by atoms with E-state index in [2.05, 4.69) is 0 Å². The summed E-state index contributed by atoms with van der Waals surface area (Å²) < 4.78 is 30.0. The number of carboxylic acid groups (broad SMARTS) is 1. The predicted octanol–water partition coefficient (Wildman–Crippen LogP) is 4.47. The van der Waals surface area contributed by atoms with Crippen LogP contribution in [0.4, 0.5) is 8.78 Å². The molecule has 0 aliphatic rings. The van der Waals surface area contributed by atoms with Crippen molar-refractivity contribution in [3.63, 3.8) is 0 Å². The van der Waals surface area contributed by atoms with E-state index in [9.17, 15) is 13.6 Å². The molecular weight excluding hydrogens is 350 g/mol. The van der Waals surface area contributed by atoms with Crippen LogP contribution >= 0.6 is 0 Å². The van der Waals surface area contributed by atoms with Crippen LogP contribution in [0.2, 0.25) is 0 Å². The van der Waals surface area contributed by atoms with Crippen molar-refractivity contribution in [2.24, 2.45) is 0 Å². The number of hydrogen-bond acceptors (Lipinski definition) is 2. The zero-order valence-corrected chi connectivity index (χ0v) is 14.1. The fourth-order valence-corrected chi connectivity index (χ4v) is 2.76. The van der Waals surface area contributed by atoms with Gasteiger partial charge in [-0.05, 0) is 35.9 Å². The fraction of sp³-hybridized carbons (Fsp3) is 0.0476. The molecule has 0 amide bonds. The Morgan fingerprint density at radius 2 is 1.78 bits per heavy atom. The molecule has 0 atom stereocenters. The lowest BCUT2D eigenvalue weighted by atomic mass is 10.1. The highest BCUT2D eigenvalue weighted by Crippen LogP contribution is 2.27. The van der Waals surface area contributed by atoms with Gasteiger partial charge in [0.2, 0.25) is 0 Å². The average molecular weight is 364 g/mol. The van der Waals surface area contributed by atoms with Gasteiger partial charge in [-0.25, -0.2) is 13.6 Å². The van der Waals surface area contributed by atoms with Gasteiger partial charge in [-0.2, -0.15) is 5.26 Å². The first-order chi connectivity index (χ1) is 13.0. The fourth-order valence-electron chi connectivity index (χ4n) is 2.76. The number of benzene rings is 2. The Morgan fingerprint density at radius 3 is 2.41 bits per heavy atom. The van der Waals surface area contributed by atoms with E-state index in [0.717, 1.165) is 0 Å². The van der Waals surface area contributed by atoms with Crippen LogP contribution in [0.25, 0.3) is 17.3 Å². The Kier molecular flexibility index (Phi) is 5.13. The molecule has 3 rings (SSSR count). The normalized spacial score (nSPS) is 11.2. The average Bonchev–Trinajstić information content (AvgIpc) is 3.04. The molecule has 0 spiro atoms. The first-order valence-electron chi connectivity index (χ1n) is 8.03. The van der Waals surface area contributed by atoms with Gasteiger partial charge in [0.15, 0.2) is 0 Å². The van der Waals surface area contributed by atoms with Gasteiger partial charge >= 0.3 is 5.97 Å². The Bertz CT molecular complexity index is 1080. The molecule has 0 radical (unpaired) electrons. The number of aliphatic carboxylic acids is 1. The lowest BCUT2D eigenvalue weighted by molar-refractivity contribution is -0.132. The van der Waals surface area contributed by atoms with Crippen LogP contribution in [0.5, 0.6) is 0 Å². The number of aromatic nitrogens is 1. The molecule has 0 aliphatic carbocycles. The number of halogens is 2. The van der Waals surface area contributed by atoms with Gasteiger partial charge < -0.3 is 9.67 Å². The quantitative estimate of drug-likeness (QED) is 0.536. The Labute approximate surface area is 154 Å². The second-order valence-corrected chi connectivity index (χ2v) is 5.83. The van der Waals surface area contributed by atoms with Gasteiger partial charge in [-0.1, -0.05) is 30.3 Å². The smallest absolute Gasteiger partial charge is 0.346 e. The maximum atomic E-state index is 14.3. The summed E-state index contributed by atoms with van der Waals surface area (Å²) in [6, 6.07) is 15.5. The predicted molar refractivity (Wildman–Crippen MR) is 96.6 cm³/mol. The monoisotopic (exact) mass is 364 g/mol. The largest absolute Gasteiger partial charge is 0.477 e. The second-order valence-electron chi connectivity index (χ2n) is 5.83. The number of nitriles is 1. The molecule has 1 heterocycles. The van der Waals surface area contributed by atoms with E-state index >= 15 is 0 Å². The molecule has 0 aliphatic heterocycles. The van der Waals surface area contributed by atoms with Crippen LogP contribution < -0.4 is 0 Å². The number of rotatable bonds is 5. The van der Waals surface area contributed by atoms with Gasteiger partial charge in [0.1, 0.15) is 23.3 Å².